The fourth-order valence-corrected chi connectivity index (χ4v) is 5.09. The predicted octanol–water partition coefficient (Wildman–Crippen LogP) is 2.14. The van der Waals surface area contributed by atoms with Gasteiger partial charge in [-0.1, -0.05) is 0 Å². The third kappa shape index (κ3) is 3.29. The molecule has 0 aliphatic rings. The van der Waals surface area contributed by atoms with Crippen LogP contribution in [0.3, 0.4) is 0 Å². The van der Waals surface area contributed by atoms with Crippen molar-refractivity contribution in [2.24, 2.45) is 0 Å². The molecule has 0 aromatic heterocycles. The summed E-state index contributed by atoms with van der Waals surface area (Å²) in [5.41, 5.74) is 0.329. The average Bonchev–Trinajstić information content (AvgIpc) is 2.19. The van der Waals surface area contributed by atoms with E-state index < -0.39 is 21.1 Å². The van der Waals surface area contributed by atoms with Gasteiger partial charge in [0.2, 0.25) is 0 Å². The van der Waals surface area contributed by atoms with Gasteiger partial charge in [0.15, 0.2) is 0 Å². The molecule has 1 rings (SSSR count). The van der Waals surface area contributed by atoms with Gasteiger partial charge in [0, 0.05) is 0 Å². The van der Waals surface area contributed by atoms with E-state index in [-0.39, 0.29) is 4.92 Å². The van der Waals surface area contributed by atoms with E-state index in [1.807, 2.05) is 12.1 Å². The molecule has 0 saturated heterocycles. The summed E-state index contributed by atoms with van der Waals surface area (Å²) in [7, 11) is 0. The van der Waals surface area contributed by atoms with Crippen molar-refractivity contribution in [1.82, 2.24) is 0 Å². The first-order valence-corrected chi connectivity index (χ1v) is 8.17. The second kappa shape index (κ2) is 6.01. The Morgan fingerprint density at radius 2 is 2.14 bits per heavy atom. The first kappa shape index (κ1) is 11.5. The van der Waals surface area contributed by atoms with Gasteiger partial charge in [-0.25, -0.2) is 0 Å². The van der Waals surface area contributed by atoms with Gasteiger partial charge in [-0.2, -0.15) is 0 Å². The van der Waals surface area contributed by atoms with Gasteiger partial charge in [0.25, 0.3) is 0 Å². The Kier molecular flexibility index (Phi) is 4.93. The van der Waals surface area contributed by atoms with Crippen LogP contribution in [0.2, 0.25) is 4.44 Å². The molecule has 1 aromatic carbocycles. The zero-order chi connectivity index (χ0) is 10.4. The molecule has 3 nitrogen and oxygen atoms in total. The maximum absolute atomic E-state index is 10.7. The summed E-state index contributed by atoms with van der Waals surface area (Å²) in [4.78, 5) is 10.4. The molecule has 74 valence electrons. The van der Waals surface area contributed by atoms with Crippen molar-refractivity contribution in [3.05, 3.63) is 34.4 Å². The molecule has 0 saturated carbocycles. The summed E-state index contributed by atoms with van der Waals surface area (Å²) in [5.74, 6) is 0. The van der Waals surface area contributed by atoms with E-state index in [9.17, 15) is 10.1 Å². The summed E-state index contributed by atoms with van der Waals surface area (Å²) >= 11 is -0.715. The monoisotopic (exact) mass is 299 g/mol. The molecule has 0 bridgehead atoms. The second-order valence-electron chi connectivity index (χ2n) is 3.05. The Labute approximate surface area is 93.9 Å². The van der Waals surface area contributed by atoms with Crippen molar-refractivity contribution in [2.45, 2.75) is 24.2 Å². The third-order valence-corrected chi connectivity index (χ3v) is 5.96. The van der Waals surface area contributed by atoms with E-state index in [1.165, 1.54) is 17.3 Å². The Balaban J connectivity index is 2.69. The van der Waals surface area contributed by atoms with Crippen molar-refractivity contribution in [3.8, 4) is 0 Å². The maximum atomic E-state index is 10.7. The summed E-state index contributed by atoms with van der Waals surface area (Å²) in [6.07, 6.45) is 2.39. The summed E-state index contributed by atoms with van der Waals surface area (Å²) < 4.78 is 2.22. The molecule has 1 aromatic rings. The Bertz CT molecular complexity index is 315. The standard InChI is InChI=1S/C6H4NO2.C4H9.Sn/c8-7(9)6-4-2-1-3-5-6;1-3-4-2;/h1-4H;1,3-4H2,2H3;. The zero-order valence-corrected chi connectivity index (χ0v) is 11.0. The number of nitro benzene ring substituents is 1. The van der Waals surface area contributed by atoms with Crippen LogP contribution >= 0.6 is 0 Å². The quantitative estimate of drug-likeness (QED) is 0.362. The molecule has 2 radical (unpaired) electrons. The molecular weight excluding hydrogens is 285 g/mol. The first-order chi connectivity index (χ1) is 6.75. The fourth-order valence-electron chi connectivity index (χ4n) is 1.18. The molecule has 4 heteroatoms. The molecule has 0 fully saturated rings. The Morgan fingerprint density at radius 1 is 1.43 bits per heavy atom. The van der Waals surface area contributed by atoms with Gasteiger partial charge in [-0.05, 0) is 0 Å². The average molecular weight is 298 g/mol. The number of hydrogen-bond acceptors (Lipinski definition) is 2. The predicted molar refractivity (Wildman–Crippen MR) is 58.2 cm³/mol. The molecule has 0 heterocycles. The number of benzene rings is 1. The molecule has 0 amide bonds. The molecule has 0 unspecified atom stereocenters. The van der Waals surface area contributed by atoms with Crippen LogP contribution in [0, 0.1) is 10.1 Å². The number of unbranched alkanes of at least 4 members (excludes halogenated alkanes) is 1. The molecule has 0 N–H and O–H groups in total. The zero-order valence-electron chi connectivity index (χ0n) is 8.19. The first-order valence-electron chi connectivity index (χ1n) is 4.73. The van der Waals surface area contributed by atoms with Crippen molar-refractivity contribution < 1.29 is 4.92 Å². The second-order valence-corrected chi connectivity index (χ2v) is 7.03. The normalized spacial score (nSPS) is 10.1. The minimum atomic E-state index is -0.715. The minimum absolute atomic E-state index is 0.262. The van der Waals surface area contributed by atoms with Gasteiger partial charge >= 0.3 is 93.9 Å². The summed E-state index contributed by atoms with van der Waals surface area (Å²) in [6, 6.07) is 7.16. The van der Waals surface area contributed by atoms with Crippen LogP contribution in [0.25, 0.3) is 0 Å². The van der Waals surface area contributed by atoms with Gasteiger partial charge in [0.05, 0.1) is 0 Å². The van der Waals surface area contributed by atoms with Crippen LogP contribution in [0.5, 0.6) is 0 Å². The van der Waals surface area contributed by atoms with Crippen LogP contribution in [-0.4, -0.2) is 26.1 Å². The number of hydrogen-bond donors (Lipinski definition) is 0. The summed E-state index contributed by atoms with van der Waals surface area (Å²) in [5, 5.41) is 10.7. The molecule has 0 spiro atoms. The summed E-state index contributed by atoms with van der Waals surface area (Å²) in [6.45, 7) is 2.15. The van der Waals surface area contributed by atoms with Crippen LogP contribution in [-0.2, 0) is 0 Å². The van der Waals surface area contributed by atoms with Crippen LogP contribution < -0.4 is 3.58 Å². The van der Waals surface area contributed by atoms with Crippen molar-refractivity contribution in [3.63, 3.8) is 0 Å². The molecule has 14 heavy (non-hydrogen) atoms. The van der Waals surface area contributed by atoms with Crippen LogP contribution in [0.15, 0.2) is 24.3 Å². The van der Waals surface area contributed by atoms with Gasteiger partial charge in [0.1, 0.15) is 0 Å². The molecule has 0 aliphatic heterocycles. The van der Waals surface area contributed by atoms with E-state index in [1.54, 1.807) is 12.1 Å². The molecular formula is C10H13NO2Sn. The number of nitrogens with zero attached hydrogens (tertiary/aromatic N) is 1. The van der Waals surface area contributed by atoms with E-state index in [0.29, 0.717) is 5.69 Å². The molecule has 0 atom stereocenters. The van der Waals surface area contributed by atoms with Gasteiger partial charge in [-0.3, -0.25) is 0 Å². The third-order valence-electron chi connectivity index (χ3n) is 1.95. The van der Waals surface area contributed by atoms with Gasteiger partial charge < -0.3 is 0 Å². The number of para-hydroxylation sites is 1. The topological polar surface area (TPSA) is 43.1 Å². The van der Waals surface area contributed by atoms with E-state index in [2.05, 4.69) is 6.92 Å². The van der Waals surface area contributed by atoms with Crippen LogP contribution in [0.4, 0.5) is 5.69 Å². The van der Waals surface area contributed by atoms with E-state index in [0.717, 1.165) is 3.58 Å². The number of nitro groups is 1. The Hall–Kier alpha value is -0.581. The van der Waals surface area contributed by atoms with E-state index in [4.69, 9.17) is 0 Å². The Morgan fingerprint density at radius 3 is 2.79 bits per heavy atom. The van der Waals surface area contributed by atoms with Crippen molar-refractivity contribution in [1.29, 1.82) is 0 Å². The fraction of sp³-hybridized carbons (Fsp3) is 0.400. The van der Waals surface area contributed by atoms with Gasteiger partial charge in [-0.15, -0.1) is 0 Å². The van der Waals surface area contributed by atoms with Crippen LogP contribution in [0.1, 0.15) is 19.8 Å². The van der Waals surface area contributed by atoms with E-state index >= 15 is 0 Å². The van der Waals surface area contributed by atoms with Crippen molar-refractivity contribution >= 4 is 30.4 Å². The molecule has 0 aliphatic carbocycles. The van der Waals surface area contributed by atoms with Crippen molar-refractivity contribution in [2.75, 3.05) is 0 Å². The number of rotatable bonds is 5. The SMILES string of the molecule is CCC[CH2][Sn][c]1ccccc1[N+](=O)[O-].